The molecule has 0 radical (unpaired) electrons. The van der Waals surface area contributed by atoms with Crippen LogP contribution in [0.25, 0.3) is 0 Å². The SMILES string of the molecule is Cc1cccnc1C(=O)NCC1(CCl)CCCC1. The minimum atomic E-state index is -0.0931. The highest BCUT2D eigenvalue weighted by Gasteiger charge is 2.33. The van der Waals surface area contributed by atoms with Crippen LogP contribution in [-0.2, 0) is 0 Å². The molecule has 18 heavy (non-hydrogen) atoms. The standard InChI is InChI=1S/C14H19ClN2O/c1-11-5-4-8-16-12(11)13(18)17-10-14(9-15)6-2-3-7-14/h4-5,8H,2-3,6-7,9-10H2,1H3,(H,17,18). The van der Waals surface area contributed by atoms with E-state index in [-0.39, 0.29) is 11.3 Å². The molecule has 1 N–H and O–H groups in total. The van der Waals surface area contributed by atoms with Gasteiger partial charge in [-0.05, 0) is 31.4 Å². The molecular weight excluding hydrogens is 248 g/mol. The molecule has 98 valence electrons. The van der Waals surface area contributed by atoms with Gasteiger partial charge in [0.05, 0.1) is 0 Å². The molecule has 0 atom stereocenters. The van der Waals surface area contributed by atoms with Gasteiger partial charge in [-0.2, -0.15) is 0 Å². The molecule has 1 aliphatic rings. The average molecular weight is 267 g/mol. The van der Waals surface area contributed by atoms with E-state index in [9.17, 15) is 4.79 Å². The Balaban J connectivity index is 1.98. The molecule has 1 fully saturated rings. The molecule has 0 saturated heterocycles. The Morgan fingerprint density at radius 3 is 2.83 bits per heavy atom. The lowest BCUT2D eigenvalue weighted by Crippen LogP contribution is -2.37. The summed E-state index contributed by atoms with van der Waals surface area (Å²) in [5.74, 6) is 0.526. The van der Waals surface area contributed by atoms with Gasteiger partial charge < -0.3 is 5.32 Å². The van der Waals surface area contributed by atoms with Crippen LogP contribution >= 0.6 is 11.6 Å². The number of halogens is 1. The van der Waals surface area contributed by atoms with Crippen molar-refractivity contribution in [2.75, 3.05) is 12.4 Å². The Morgan fingerprint density at radius 1 is 1.50 bits per heavy atom. The highest BCUT2D eigenvalue weighted by atomic mass is 35.5. The highest BCUT2D eigenvalue weighted by Crippen LogP contribution is 2.38. The zero-order valence-electron chi connectivity index (χ0n) is 10.7. The Kier molecular flexibility index (Phi) is 4.23. The smallest absolute Gasteiger partial charge is 0.270 e. The van der Waals surface area contributed by atoms with Crippen molar-refractivity contribution in [1.82, 2.24) is 10.3 Å². The summed E-state index contributed by atoms with van der Waals surface area (Å²) in [7, 11) is 0. The molecule has 0 aromatic carbocycles. The van der Waals surface area contributed by atoms with E-state index in [1.807, 2.05) is 19.1 Å². The van der Waals surface area contributed by atoms with Gasteiger partial charge in [0.15, 0.2) is 0 Å². The number of carbonyl (C=O) groups is 1. The molecule has 1 heterocycles. The van der Waals surface area contributed by atoms with Crippen molar-refractivity contribution >= 4 is 17.5 Å². The van der Waals surface area contributed by atoms with Gasteiger partial charge in [0.2, 0.25) is 0 Å². The van der Waals surface area contributed by atoms with E-state index in [0.717, 1.165) is 18.4 Å². The van der Waals surface area contributed by atoms with Crippen molar-refractivity contribution in [3.63, 3.8) is 0 Å². The van der Waals surface area contributed by atoms with E-state index < -0.39 is 0 Å². The first-order chi connectivity index (χ1) is 8.67. The van der Waals surface area contributed by atoms with Crippen LogP contribution in [0, 0.1) is 12.3 Å². The van der Waals surface area contributed by atoms with E-state index in [2.05, 4.69) is 10.3 Å². The van der Waals surface area contributed by atoms with Crippen LogP contribution in [0.3, 0.4) is 0 Å². The lowest BCUT2D eigenvalue weighted by Gasteiger charge is -2.26. The van der Waals surface area contributed by atoms with Gasteiger partial charge in [-0.3, -0.25) is 9.78 Å². The molecule has 1 aliphatic carbocycles. The number of carbonyl (C=O) groups excluding carboxylic acids is 1. The van der Waals surface area contributed by atoms with Crippen LogP contribution in [0.4, 0.5) is 0 Å². The Bertz CT molecular complexity index is 428. The molecule has 0 bridgehead atoms. The largest absolute Gasteiger partial charge is 0.350 e. The number of nitrogens with one attached hydrogen (secondary N) is 1. The van der Waals surface area contributed by atoms with Crippen LogP contribution in [-0.4, -0.2) is 23.3 Å². The summed E-state index contributed by atoms with van der Waals surface area (Å²) in [5.41, 5.74) is 1.52. The lowest BCUT2D eigenvalue weighted by atomic mass is 9.88. The van der Waals surface area contributed by atoms with Gasteiger partial charge in [-0.25, -0.2) is 0 Å². The van der Waals surface area contributed by atoms with Gasteiger partial charge in [-0.15, -0.1) is 11.6 Å². The van der Waals surface area contributed by atoms with Crippen LogP contribution in [0.1, 0.15) is 41.7 Å². The number of nitrogens with zero attached hydrogens (tertiary/aromatic N) is 1. The van der Waals surface area contributed by atoms with Crippen molar-refractivity contribution in [3.05, 3.63) is 29.6 Å². The zero-order chi connectivity index (χ0) is 13.0. The molecule has 1 saturated carbocycles. The summed E-state index contributed by atoms with van der Waals surface area (Å²) in [6.07, 6.45) is 6.29. The molecule has 2 rings (SSSR count). The number of aryl methyl sites for hydroxylation is 1. The van der Waals surface area contributed by atoms with E-state index >= 15 is 0 Å². The Morgan fingerprint density at radius 2 is 2.22 bits per heavy atom. The van der Waals surface area contributed by atoms with Crippen molar-refractivity contribution in [3.8, 4) is 0 Å². The molecule has 3 nitrogen and oxygen atoms in total. The number of rotatable bonds is 4. The van der Waals surface area contributed by atoms with Gasteiger partial charge in [0.1, 0.15) is 5.69 Å². The summed E-state index contributed by atoms with van der Waals surface area (Å²) < 4.78 is 0. The maximum atomic E-state index is 12.1. The van der Waals surface area contributed by atoms with E-state index in [1.165, 1.54) is 12.8 Å². The Labute approximate surface area is 113 Å². The Hall–Kier alpha value is -1.09. The van der Waals surface area contributed by atoms with E-state index in [0.29, 0.717) is 18.1 Å². The molecule has 1 aromatic heterocycles. The first-order valence-electron chi connectivity index (χ1n) is 6.43. The fraction of sp³-hybridized carbons (Fsp3) is 0.571. The van der Waals surface area contributed by atoms with Gasteiger partial charge in [0, 0.05) is 24.0 Å². The number of hydrogen-bond acceptors (Lipinski definition) is 2. The maximum absolute atomic E-state index is 12.1. The predicted molar refractivity (Wildman–Crippen MR) is 72.9 cm³/mol. The molecule has 0 aliphatic heterocycles. The normalized spacial score (nSPS) is 17.7. The third-order valence-corrected chi connectivity index (χ3v) is 4.36. The van der Waals surface area contributed by atoms with Gasteiger partial charge in [0.25, 0.3) is 5.91 Å². The second kappa shape index (κ2) is 5.70. The maximum Gasteiger partial charge on any atom is 0.270 e. The van der Waals surface area contributed by atoms with Crippen molar-refractivity contribution in [2.45, 2.75) is 32.6 Å². The third kappa shape index (κ3) is 2.83. The molecule has 0 unspecified atom stereocenters. The number of amides is 1. The molecule has 0 spiro atoms. The van der Waals surface area contributed by atoms with Crippen LogP contribution in [0.15, 0.2) is 18.3 Å². The summed E-state index contributed by atoms with van der Waals surface area (Å²) in [5, 5.41) is 2.99. The summed E-state index contributed by atoms with van der Waals surface area (Å²) in [6.45, 7) is 2.56. The first-order valence-corrected chi connectivity index (χ1v) is 6.96. The summed E-state index contributed by atoms with van der Waals surface area (Å²) in [4.78, 5) is 16.2. The zero-order valence-corrected chi connectivity index (χ0v) is 11.5. The second-order valence-corrected chi connectivity index (χ2v) is 5.46. The highest BCUT2D eigenvalue weighted by molar-refractivity contribution is 6.18. The second-order valence-electron chi connectivity index (χ2n) is 5.19. The summed E-state index contributed by atoms with van der Waals surface area (Å²) >= 11 is 6.06. The molecule has 4 heteroatoms. The molecule has 1 amide bonds. The van der Waals surface area contributed by atoms with E-state index in [1.54, 1.807) is 6.20 Å². The van der Waals surface area contributed by atoms with Crippen LogP contribution < -0.4 is 5.32 Å². The van der Waals surface area contributed by atoms with Crippen LogP contribution in [0.5, 0.6) is 0 Å². The fourth-order valence-electron chi connectivity index (χ4n) is 2.56. The molecule has 1 aromatic rings. The van der Waals surface area contributed by atoms with Crippen molar-refractivity contribution in [2.24, 2.45) is 5.41 Å². The lowest BCUT2D eigenvalue weighted by molar-refractivity contribution is 0.0929. The third-order valence-electron chi connectivity index (χ3n) is 3.80. The minimum Gasteiger partial charge on any atom is -0.350 e. The van der Waals surface area contributed by atoms with E-state index in [4.69, 9.17) is 11.6 Å². The number of aromatic nitrogens is 1. The van der Waals surface area contributed by atoms with Crippen LogP contribution in [0.2, 0.25) is 0 Å². The summed E-state index contributed by atoms with van der Waals surface area (Å²) in [6, 6.07) is 3.73. The monoisotopic (exact) mass is 266 g/mol. The quantitative estimate of drug-likeness (QED) is 0.852. The minimum absolute atomic E-state index is 0.0931. The number of pyridine rings is 1. The van der Waals surface area contributed by atoms with Crippen molar-refractivity contribution < 1.29 is 4.79 Å². The molecular formula is C14H19ClN2O. The average Bonchev–Trinajstić information content (AvgIpc) is 2.86. The fourth-order valence-corrected chi connectivity index (χ4v) is 2.92. The van der Waals surface area contributed by atoms with Gasteiger partial charge >= 0.3 is 0 Å². The number of hydrogen-bond donors (Lipinski definition) is 1. The van der Waals surface area contributed by atoms with Gasteiger partial charge in [-0.1, -0.05) is 18.9 Å². The first kappa shape index (κ1) is 13.3. The number of alkyl halides is 1. The van der Waals surface area contributed by atoms with Crippen molar-refractivity contribution in [1.29, 1.82) is 0 Å². The topological polar surface area (TPSA) is 42.0 Å². The predicted octanol–water partition coefficient (Wildman–Crippen LogP) is 2.92.